The second kappa shape index (κ2) is 9.78. The Hall–Kier alpha value is -4.25. The van der Waals surface area contributed by atoms with E-state index >= 15 is 0 Å². The van der Waals surface area contributed by atoms with Gasteiger partial charge >= 0.3 is 0 Å². The molecule has 4 nitrogen and oxygen atoms in total. The molecule has 0 spiro atoms. The Labute approximate surface area is 210 Å². The molecular weight excluding hydrogens is 449 g/mol. The SMILES string of the molecule is CCn1c(-c2ccccc2)nc(-c2ccc(C)c(F)c2)c1C(=O)NC(C)c1cccc2ccccc12. The van der Waals surface area contributed by atoms with Crippen LogP contribution in [-0.4, -0.2) is 15.5 Å². The lowest BCUT2D eigenvalue weighted by Crippen LogP contribution is -2.29. The first-order valence-electron chi connectivity index (χ1n) is 12.2. The van der Waals surface area contributed by atoms with Gasteiger partial charge in [-0.1, -0.05) is 84.9 Å². The van der Waals surface area contributed by atoms with E-state index < -0.39 is 0 Å². The predicted octanol–water partition coefficient (Wildman–Crippen LogP) is 7.33. The molecule has 5 rings (SSSR count). The Morgan fingerprint density at radius 1 is 0.944 bits per heavy atom. The van der Waals surface area contributed by atoms with Crippen molar-refractivity contribution in [1.29, 1.82) is 0 Å². The summed E-state index contributed by atoms with van der Waals surface area (Å²) in [5, 5.41) is 5.41. The van der Waals surface area contributed by atoms with Gasteiger partial charge in [0.1, 0.15) is 23.0 Å². The van der Waals surface area contributed by atoms with Crippen molar-refractivity contribution in [3.05, 3.63) is 114 Å². The quantitative estimate of drug-likeness (QED) is 0.278. The molecule has 0 radical (unpaired) electrons. The van der Waals surface area contributed by atoms with Crippen LogP contribution in [0, 0.1) is 12.7 Å². The summed E-state index contributed by atoms with van der Waals surface area (Å²) < 4.78 is 16.5. The van der Waals surface area contributed by atoms with Gasteiger partial charge < -0.3 is 9.88 Å². The summed E-state index contributed by atoms with van der Waals surface area (Å²) in [5.74, 6) is 0.107. The lowest BCUT2D eigenvalue weighted by atomic mass is 9.99. The van der Waals surface area contributed by atoms with Crippen molar-refractivity contribution in [2.45, 2.75) is 33.4 Å². The summed E-state index contributed by atoms with van der Waals surface area (Å²) in [6.45, 7) is 6.23. The number of carbonyl (C=O) groups excluding carboxylic acids is 1. The highest BCUT2D eigenvalue weighted by Crippen LogP contribution is 2.31. The zero-order chi connectivity index (χ0) is 25.2. The van der Waals surface area contributed by atoms with E-state index in [0.717, 1.165) is 21.9 Å². The van der Waals surface area contributed by atoms with Gasteiger partial charge in [-0.05, 0) is 48.7 Å². The second-order valence-electron chi connectivity index (χ2n) is 8.97. The van der Waals surface area contributed by atoms with Gasteiger partial charge in [0, 0.05) is 17.7 Å². The molecule has 0 saturated heterocycles. The average molecular weight is 478 g/mol. The smallest absolute Gasteiger partial charge is 0.270 e. The molecule has 36 heavy (non-hydrogen) atoms. The van der Waals surface area contributed by atoms with Gasteiger partial charge in [0.15, 0.2) is 0 Å². The zero-order valence-electron chi connectivity index (χ0n) is 20.6. The fourth-order valence-corrected chi connectivity index (χ4v) is 4.71. The molecule has 0 bridgehead atoms. The number of hydrogen-bond donors (Lipinski definition) is 1. The average Bonchev–Trinajstić information content (AvgIpc) is 3.30. The first kappa shape index (κ1) is 23.5. The summed E-state index contributed by atoms with van der Waals surface area (Å²) in [4.78, 5) is 18.7. The number of nitrogens with one attached hydrogen (secondary N) is 1. The van der Waals surface area contributed by atoms with E-state index in [1.54, 1.807) is 13.0 Å². The molecule has 0 aliphatic carbocycles. The number of halogens is 1. The van der Waals surface area contributed by atoms with Crippen LogP contribution in [-0.2, 0) is 6.54 Å². The van der Waals surface area contributed by atoms with Crippen molar-refractivity contribution in [2.24, 2.45) is 0 Å². The van der Waals surface area contributed by atoms with E-state index in [4.69, 9.17) is 4.98 Å². The number of rotatable bonds is 6. The molecule has 1 heterocycles. The number of benzene rings is 4. The zero-order valence-corrected chi connectivity index (χ0v) is 20.6. The van der Waals surface area contributed by atoms with Gasteiger partial charge in [-0.25, -0.2) is 9.37 Å². The van der Waals surface area contributed by atoms with Crippen LogP contribution < -0.4 is 5.32 Å². The van der Waals surface area contributed by atoms with Gasteiger partial charge in [-0.2, -0.15) is 0 Å². The van der Waals surface area contributed by atoms with E-state index in [0.29, 0.717) is 34.9 Å². The van der Waals surface area contributed by atoms with E-state index in [9.17, 15) is 9.18 Å². The third-order valence-electron chi connectivity index (χ3n) is 6.61. The fourth-order valence-electron chi connectivity index (χ4n) is 4.71. The summed E-state index contributed by atoms with van der Waals surface area (Å²) >= 11 is 0. The number of aromatic nitrogens is 2. The largest absolute Gasteiger partial charge is 0.344 e. The molecule has 1 aromatic heterocycles. The van der Waals surface area contributed by atoms with Crippen LogP contribution in [0.1, 0.15) is 41.5 Å². The standard InChI is InChI=1S/C31H28FN3O/c1-4-35-29(31(36)33-21(3)25-16-10-14-22-11-8-9-15-26(22)25)28(24-18-17-20(2)27(32)19-24)34-30(35)23-12-6-5-7-13-23/h5-19,21H,4H2,1-3H3,(H,33,36). The molecule has 0 aliphatic heterocycles. The number of nitrogens with zero attached hydrogens (tertiary/aromatic N) is 2. The van der Waals surface area contributed by atoms with Crippen molar-refractivity contribution < 1.29 is 9.18 Å². The van der Waals surface area contributed by atoms with Gasteiger partial charge in [-0.15, -0.1) is 0 Å². The predicted molar refractivity (Wildman–Crippen MR) is 143 cm³/mol. The van der Waals surface area contributed by atoms with Gasteiger partial charge in [0.25, 0.3) is 5.91 Å². The molecule has 4 aromatic carbocycles. The maximum absolute atomic E-state index is 14.6. The van der Waals surface area contributed by atoms with Gasteiger partial charge in [0.2, 0.25) is 0 Å². The van der Waals surface area contributed by atoms with Crippen molar-refractivity contribution >= 4 is 16.7 Å². The highest BCUT2D eigenvalue weighted by atomic mass is 19.1. The Balaban J connectivity index is 1.61. The fraction of sp³-hybridized carbons (Fsp3) is 0.161. The third-order valence-corrected chi connectivity index (χ3v) is 6.61. The normalized spacial score (nSPS) is 12.0. The molecular formula is C31H28FN3O. The summed E-state index contributed by atoms with van der Waals surface area (Å²) in [6, 6.07) is 28.8. The Morgan fingerprint density at radius 3 is 2.42 bits per heavy atom. The van der Waals surface area contributed by atoms with Crippen molar-refractivity contribution in [3.63, 3.8) is 0 Å². The van der Waals surface area contributed by atoms with E-state index in [1.165, 1.54) is 6.07 Å². The van der Waals surface area contributed by atoms with E-state index in [-0.39, 0.29) is 17.8 Å². The molecule has 0 saturated carbocycles. The van der Waals surface area contributed by atoms with Crippen LogP contribution in [0.3, 0.4) is 0 Å². The maximum atomic E-state index is 14.6. The number of carbonyl (C=O) groups is 1. The van der Waals surface area contributed by atoms with Crippen LogP contribution in [0.5, 0.6) is 0 Å². The lowest BCUT2D eigenvalue weighted by molar-refractivity contribution is 0.0931. The summed E-state index contributed by atoms with van der Waals surface area (Å²) in [5.41, 5.74) is 3.95. The second-order valence-corrected chi connectivity index (χ2v) is 8.97. The number of imidazole rings is 1. The van der Waals surface area contributed by atoms with Crippen molar-refractivity contribution in [3.8, 4) is 22.6 Å². The molecule has 180 valence electrons. The number of hydrogen-bond acceptors (Lipinski definition) is 2. The molecule has 1 atom stereocenters. The van der Waals surface area contributed by atoms with E-state index in [1.807, 2.05) is 79.1 Å². The van der Waals surface area contributed by atoms with Crippen LogP contribution in [0.2, 0.25) is 0 Å². The minimum atomic E-state index is -0.324. The maximum Gasteiger partial charge on any atom is 0.270 e. The topological polar surface area (TPSA) is 46.9 Å². The molecule has 0 aliphatic rings. The highest BCUT2D eigenvalue weighted by Gasteiger charge is 2.26. The Morgan fingerprint density at radius 2 is 1.67 bits per heavy atom. The van der Waals surface area contributed by atoms with Crippen molar-refractivity contribution in [1.82, 2.24) is 14.9 Å². The highest BCUT2D eigenvalue weighted by molar-refractivity contribution is 6.00. The molecule has 5 heteroatoms. The van der Waals surface area contributed by atoms with Gasteiger partial charge in [-0.3, -0.25) is 4.79 Å². The van der Waals surface area contributed by atoms with Crippen LogP contribution in [0.15, 0.2) is 91.0 Å². The number of amides is 1. The minimum absolute atomic E-state index is 0.244. The third kappa shape index (κ3) is 4.29. The molecule has 1 N–H and O–H groups in total. The van der Waals surface area contributed by atoms with Crippen molar-refractivity contribution in [2.75, 3.05) is 0 Å². The van der Waals surface area contributed by atoms with Crippen LogP contribution >= 0.6 is 0 Å². The molecule has 0 fully saturated rings. The lowest BCUT2D eigenvalue weighted by Gasteiger charge is -2.18. The summed E-state index contributed by atoms with van der Waals surface area (Å²) in [6.07, 6.45) is 0. The molecule has 1 unspecified atom stereocenters. The van der Waals surface area contributed by atoms with Gasteiger partial charge in [0.05, 0.1) is 6.04 Å². The monoisotopic (exact) mass is 477 g/mol. The molecule has 1 amide bonds. The first-order chi connectivity index (χ1) is 17.5. The first-order valence-corrected chi connectivity index (χ1v) is 12.2. The van der Waals surface area contributed by atoms with Crippen LogP contribution in [0.4, 0.5) is 4.39 Å². The van der Waals surface area contributed by atoms with E-state index in [2.05, 4.69) is 23.5 Å². The van der Waals surface area contributed by atoms with Crippen LogP contribution in [0.25, 0.3) is 33.4 Å². The Bertz CT molecular complexity index is 1550. The summed E-state index contributed by atoms with van der Waals surface area (Å²) in [7, 11) is 0. The Kier molecular flexibility index (Phi) is 6.38. The number of fused-ring (bicyclic) bond motifs is 1. The molecule has 5 aromatic rings. The number of aryl methyl sites for hydroxylation is 1. The minimum Gasteiger partial charge on any atom is -0.344 e.